The molecule has 0 radical (unpaired) electrons. The van der Waals surface area contributed by atoms with E-state index in [9.17, 15) is 9.59 Å². The molecule has 1 atom stereocenters. The summed E-state index contributed by atoms with van der Waals surface area (Å²) in [5.41, 5.74) is 1.93. The van der Waals surface area contributed by atoms with E-state index in [0.29, 0.717) is 28.4 Å². The first-order chi connectivity index (χ1) is 15.5. The molecular formula is C21H23Cl3N4O4S. The number of benzene rings is 2. The second kappa shape index (κ2) is 12.1. The number of alkyl halides is 3. The summed E-state index contributed by atoms with van der Waals surface area (Å²) in [6, 6.07) is 11.9. The van der Waals surface area contributed by atoms with Gasteiger partial charge >= 0.3 is 0 Å². The van der Waals surface area contributed by atoms with Crippen molar-refractivity contribution in [1.82, 2.24) is 10.6 Å². The molecule has 1 unspecified atom stereocenters. The van der Waals surface area contributed by atoms with Gasteiger partial charge in [0.2, 0.25) is 15.6 Å². The quantitative estimate of drug-likeness (QED) is 0.231. The normalized spacial score (nSPS) is 11.7. The van der Waals surface area contributed by atoms with Gasteiger partial charge in [-0.1, -0.05) is 40.9 Å². The van der Waals surface area contributed by atoms with Gasteiger partial charge in [0.1, 0.15) is 6.17 Å². The lowest BCUT2D eigenvalue weighted by Gasteiger charge is -2.28. The molecule has 2 rings (SSSR count). The highest BCUT2D eigenvalue weighted by Gasteiger charge is 2.34. The predicted molar refractivity (Wildman–Crippen MR) is 136 cm³/mol. The smallest absolute Gasteiger partial charge is 0.228 e. The van der Waals surface area contributed by atoms with Crippen LogP contribution in [0.1, 0.15) is 12.5 Å². The molecule has 0 spiro atoms. The van der Waals surface area contributed by atoms with Gasteiger partial charge in [0, 0.05) is 18.3 Å². The Kier molecular flexibility index (Phi) is 9.85. The predicted octanol–water partition coefficient (Wildman–Crippen LogP) is 4.00. The second-order valence-electron chi connectivity index (χ2n) is 6.77. The number of carbonyl (C=O) groups is 2. The van der Waals surface area contributed by atoms with E-state index in [1.165, 1.54) is 21.1 Å². The van der Waals surface area contributed by atoms with Crippen molar-refractivity contribution in [3.63, 3.8) is 0 Å². The van der Waals surface area contributed by atoms with Crippen molar-refractivity contribution >= 4 is 75.3 Å². The lowest BCUT2D eigenvalue weighted by atomic mass is 10.1. The Balaban J connectivity index is 2.00. The third kappa shape index (κ3) is 8.77. The average molecular weight is 534 g/mol. The van der Waals surface area contributed by atoms with Gasteiger partial charge in [-0.25, -0.2) is 0 Å². The number of thiocarbonyl (C=S) groups is 1. The van der Waals surface area contributed by atoms with E-state index in [4.69, 9.17) is 56.5 Å². The molecule has 4 N–H and O–H groups in total. The highest BCUT2D eigenvalue weighted by molar-refractivity contribution is 7.80. The Labute approximate surface area is 212 Å². The maximum atomic E-state index is 12.6. The molecule has 0 heterocycles. The van der Waals surface area contributed by atoms with E-state index in [0.717, 1.165) is 0 Å². The molecule has 0 saturated heterocycles. The van der Waals surface area contributed by atoms with E-state index in [1.54, 1.807) is 42.5 Å². The van der Waals surface area contributed by atoms with E-state index >= 15 is 0 Å². The van der Waals surface area contributed by atoms with Gasteiger partial charge in [-0.3, -0.25) is 9.59 Å². The first-order valence-corrected chi connectivity index (χ1v) is 11.1. The molecule has 0 aliphatic carbocycles. The highest BCUT2D eigenvalue weighted by Crippen LogP contribution is 2.30. The van der Waals surface area contributed by atoms with Gasteiger partial charge in [-0.2, -0.15) is 0 Å². The van der Waals surface area contributed by atoms with E-state index < -0.39 is 15.9 Å². The Morgan fingerprint density at radius 3 is 2.03 bits per heavy atom. The van der Waals surface area contributed by atoms with Gasteiger partial charge in [-0.15, -0.1) is 0 Å². The minimum absolute atomic E-state index is 0.00405. The Morgan fingerprint density at radius 2 is 1.52 bits per heavy atom. The van der Waals surface area contributed by atoms with Crippen molar-refractivity contribution in [2.45, 2.75) is 23.3 Å². The highest BCUT2D eigenvalue weighted by atomic mass is 35.6. The molecule has 0 aliphatic rings. The number of nitrogens with one attached hydrogen (secondary N) is 4. The zero-order valence-corrected chi connectivity index (χ0v) is 21.1. The van der Waals surface area contributed by atoms with Crippen LogP contribution in [0.5, 0.6) is 11.5 Å². The van der Waals surface area contributed by atoms with Gasteiger partial charge in [0.25, 0.3) is 0 Å². The summed E-state index contributed by atoms with van der Waals surface area (Å²) in [7, 11) is 3.03. The summed E-state index contributed by atoms with van der Waals surface area (Å²) in [6.07, 6.45) is -1.11. The van der Waals surface area contributed by atoms with Crippen molar-refractivity contribution in [2.75, 3.05) is 24.9 Å². The first kappa shape index (κ1) is 26.8. The molecule has 178 valence electrons. The SMILES string of the molecule is COc1ccc(CC(=O)NC(NC(=S)Nc2ccc(NC(C)=O)cc2)C(Cl)(Cl)Cl)cc1OC. The standard InChI is InChI=1S/C21H23Cl3N4O4S/c1-12(29)25-14-5-7-15(8-6-14)26-20(33)28-19(21(22,23)24)27-18(30)11-13-4-9-16(31-2)17(10-13)32-3/h4-10,19H,11H2,1-3H3,(H,25,29)(H,27,30)(H2,26,28,33). The van der Waals surface area contributed by atoms with Gasteiger partial charge in [0.05, 0.1) is 20.6 Å². The Hall–Kier alpha value is -2.46. The number of methoxy groups -OCH3 is 2. The van der Waals surface area contributed by atoms with Crippen LogP contribution < -0.4 is 30.7 Å². The van der Waals surface area contributed by atoms with Gasteiger partial charge < -0.3 is 30.7 Å². The topological polar surface area (TPSA) is 101 Å². The average Bonchev–Trinajstić information content (AvgIpc) is 2.73. The second-order valence-corrected chi connectivity index (χ2v) is 9.54. The minimum Gasteiger partial charge on any atom is -0.493 e. The molecule has 2 aromatic carbocycles. The molecule has 0 saturated carbocycles. The fourth-order valence-electron chi connectivity index (χ4n) is 2.73. The number of amides is 2. The Bertz CT molecular complexity index is 1000. The van der Waals surface area contributed by atoms with Crippen LogP contribution in [0, 0.1) is 0 Å². The molecule has 2 aromatic rings. The number of carbonyl (C=O) groups excluding carboxylic acids is 2. The molecule has 2 amide bonds. The van der Waals surface area contributed by atoms with Crippen LogP contribution in [-0.2, 0) is 16.0 Å². The van der Waals surface area contributed by atoms with E-state index in [2.05, 4.69) is 21.3 Å². The number of hydrogen-bond donors (Lipinski definition) is 4. The molecule has 12 heteroatoms. The van der Waals surface area contributed by atoms with Crippen molar-refractivity contribution in [3.8, 4) is 11.5 Å². The van der Waals surface area contributed by atoms with Crippen LogP contribution in [0.4, 0.5) is 11.4 Å². The zero-order valence-electron chi connectivity index (χ0n) is 18.0. The number of rotatable bonds is 8. The summed E-state index contributed by atoms with van der Waals surface area (Å²) in [4.78, 5) is 23.7. The number of hydrogen-bond acceptors (Lipinski definition) is 5. The van der Waals surface area contributed by atoms with Crippen molar-refractivity contribution < 1.29 is 19.1 Å². The third-order valence-corrected chi connectivity index (χ3v) is 5.06. The lowest BCUT2D eigenvalue weighted by Crippen LogP contribution is -2.56. The maximum Gasteiger partial charge on any atom is 0.228 e. The number of halogens is 3. The summed E-state index contributed by atoms with van der Waals surface area (Å²) in [6.45, 7) is 1.42. The Morgan fingerprint density at radius 1 is 0.939 bits per heavy atom. The van der Waals surface area contributed by atoms with Crippen LogP contribution in [0.2, 0.25) is 0 Å². The summed E-state index contributed by atoms with van der Waals surface area (Å²) >= 11 is 23.4. The third-order valence-electron chi connectivity index (χ3n) is 4.18. The maximum absolute atomic E-state index is 12.6. The fraction of sp³-hybridized carbons (Fsp3) is 0.286. The molecule has 0 fully saturated rings. The van der Waals surface area contributed by atoms with Crippen LogP contribution in [0.15, 0.2) is 42.5 Å². The van der Waals surface area contributed by atoms with Crippen molar-refractivity contribution in [3.05, 3.63) is 48.0 Å². The molecule has 0 aromatic heterocycles. The molecule has 8 nitrogen and oxygen atoms in total. The van der Waals surface area contributed by atoms with Crippen molar-refractivity contribution in [1.29, 1.82) is 0 Å². The first-order valence-electron chi connectivity index (χ1n) is 9.54. The van der Waals surface area contributed by atoms with Crippen molar-refractivity contribution in [2.24, 2.45) is 0 Å². The summed E-state index contributed by atoms with van der Waals surface area (Å²) in [5, 5.41) is 11.1. The lowest BCUT2D eigenvalue weighted by molar-refractivity contribution is -0.121. The fourth-order valence-corrected chi connectivity index (χ4v) is 3.29. The number of ether oxygens (including phenoxy) is 2. The monoisotopic (exact) mass is 532 g/mol. The van der Waals surface area contributed by atoms with E-state index in [1.807, 2.05) is 0 Å². The molecule has 33 heavy (non-hydrogen) atoms. The van der Waals surface area contributed by atoms with Crippen LogP contribution >= 0.6 is 47.0 Å². The minimum atomic E-state index is -1.89. The zero-order chi connectivity index (χ0) is 24.6. The van der Waals surface area contributed by atoms with E-state index in [-0.39, 0.29) is 17.4 Å². The molecular weight excluding hydrogens is 511 g/mol. The number of anilines is 2. The molecule has 0 bridgehead atoms. The van der Waals surface area contributed by atoms with Gasteiger partial charge in [0.15, 0.2) is 16.6 Å². The van der Waals surface area contributed by atoms with Crippen LogP contribution in [0.3, 0.4) is 0 Å². The largest absolute Gasteiger partial charge is 0.493 e. The molecule has 0 aliphatic heterocycles. The van der Waals surface area contributed by atoms with Gasteiger partial charge in [-0.05, 0) is 54.2 Å². The summed E-state index contributed by atoms with van der Waals surface area (Å²) < 4.78 is 8.55. The van der Waals surface area contributed by atoms with Crippen LogP contribution in [0.25, 0.3) is 0 Å². The summed E-state index contributed by atoms with van der Waals surface area (Å²) in [5.74, 6) is 0.452. The van der Waals surface area contributed by atoms with Crippen LogP contribution in [-0.4, -0.2) is 41.1 Å².